The van der Waals surface area contributed by atoms with Gasteiger partial charge in [-0.05, 0) is 36.9 Å². The second-order valence-corrected chi connectivity index (χ2v) is 6.32. The van der Waals surface area contributed by atoms with Gasteiger partial charge < -0.3 is 23.4 Å². The summed E-state index contributed by atoms with van der Waals surface area (Å²) in [5.41, 5.74) is 0.829. The molecule has 0 saturated carbocycles. The second-order valence-electron chi connectivity index (χ2n) is 5.97. The van der Waals surface area contributed by atoms with Crippen molar-refractivity contribution in [1.82, 2.24) is 0 Å². The molecule has 6 heteroatoms. The van der Waals surface area contributed by atoms with E-state index in [-0.39, 0.29) is 30.9 Å². The van der Waals surface area contributed by atoms with Gasteiger partial charge in [0, 0.05) is 5.56 Å². The minimum absolute atomic E-state index is 0.0295. The van der Waals surface area contributed by atoms with Crippen molar-refractivity contribution in [1.29, 1.82) is 0 Å². The lowest BCUT2D eigenvalue weighted by molar-refractivity contribution is -0.170. The van der Waals surface area contributed by atoms with Crippen LogP contribution in [0.4, 0.5) is 0 Å². The van der Waals surface area contributed by atoms with Crippen molar-refractivity contribution in [2.45, 2.75) is 64.7 Å². The summed E-state index contributed by atoms with van der Waals surface area (Å²) in [6.45, 7) is 6.56. The second kappa shape index (κ2) is 6.26. The predicted octanol–water partition coefficient (Wildman–Crippen LogP) is 3.35. The lowest BCUT2D eigenvalue weighted by Gasteiger charge is -2.23. The summed E-state index contributed by atoms with van der Waals surface area (Å²) in [5.74, 6) is 0.509. The van der Waals surface area contributed by atoms with Crippen LogP contribution in [0.2, 0.25) is 5.22 Å². The van der Waals surface area contributed by atoms with Crippen LogP contribution in [0.1, 0.15) is 32.8 Å². The van der Waals surface area contributed by atoms with E-state index < -0.39 is 0 Å². The smallest absolute Gasteiger partial charge is 0.198 e. The maximum Gasteiger partial charge on any atom is 0.198 e. The zero-order valence-corrected chi connectivity index (χ0v) is 13.2. The van der Waals surface area contributed by atoms with Crippen LogP contribution in [0, 0.1) is 5.92 Å². The topological polar surface area (TPSA) is 50.1 Å². The first-order valence-corrected chi connectivity index (χ1v) is 7.72. The zero-order chi connectivity index (χ0) is 15.0. The molecule has 0 bridgehead atoms. The third kappa shape index (κ3) is 3.27. The Morgan fingerprint density at radius 1 is 1.29 bits per heavy atom. The maximum absolute atomic E-state index is 6.03. The highest BCUT2D eigenvalue weighted by Gasteiger charge is 2.51. The van der Waals surface area contributed by atoms with E-state index in [4.69, 9.17) is 35.0 Å². The number of halogens is 1. The molecular weight excluding hydrogens is 296 g/mol. The van der Waals surface area contributed by atoms with Gasteiger partial charge >= 0.3 is 0 Å². The summed E-state index contributed by atoms with van der Waals surface area (Å²) in [4.78, 5) is 0. The first kappa shape index (κ1) is 15.3. The number of hydrogen-bond donors (Lipinski definition) is 0. The SMILES string of the molecule is CC(C)C[C@H]1O[C@@H]2OC(C)O[C@@H]2[C@H]1OCc1ccoc1Cl. The molecule has 1 aromatic heterocycles. The zero-order valence-electron chi connectivity index (χ0n) is 12.5. The van der Waals surface area contributed by atoms with Crippen LogP contribution in [-0.2, 0) is 25.6 Å². The van der Waals surface area contributed by atoms with Crippen molar-refractivity contribution in [2.24, 2.45) is 5.92 Å². The van der Waals surface area contributed by atoms with Gasteiger partial charge in [-0.15, -0.1) is 0 Å². The molecule has 1 unspecified atom stereocenters. The predicted molar refractivity (Wildman–Crippen MR) is 75.8 cm³/mol. The van der Waals surface area contributed by atoms with Gasteiger partial charge in [-0.25, -0.2) is 0 Å². The molecule has 3 rings (SSSR count). The fourth-order valence-corrected chi connectivity index (χ4v) is 3.02. The fraction of sp³-hybridized carbons (Fsp3) is 0.733. The Morgan fingerprint density at radius 3 is 2.76 bits per heavy atom. The number of furan rings is 1. The van der Waals surface area contributed by atoms with Crippen LogP contribution >= 0.6 is 11.6 Å². The molecule has 0 aromatic carbocycles. The van der Waals surface area contributed by atoms with Crippen LogP contribution in [0.5, 0.6) is 0 Å². The van der Waals surface area contributed by atoms with Gasteiger partial charge in [0.05, 0.1) is 19.0 Å². The van der Waals surface area contributed by atoms with Gasteiger partial charge in [0.1, 0.15) is 12.2 Å². The van der Waals surface area contributed by atoms with Crippen LogP contribution in [-0.4, -0.2) is 30.9 Å². The summed E-state index contributed by atoms with van der Waals surface area (Å²) < 4.78 is 28.5. The minimum atomic E-state index is -0.339. The Balaban J connectivity index is 1.67. The van der Waals surface area contributed by atoms with E-state index in [1.54, 1.807) is 6.26 Å². The van der Waals surface area contributed by atoms with Crippen LogP contribution < -0.4 is 0 Å². The molecular formula is C15H21ClO5. The van der Waals surface area contributed by atoms with Crippen LogP contribution in [0.15, 0.2) is 16.7 Å². The monoisotopic (exact) mass is 316 g/mol. The van der Waals surface area contributed by atoms with E-state index in [1.165, 1.54) is 0 Å². The molecule has 1 aromatic rings. The quantitative estimate of drug-likeness (QED) is 0.833. The van der Waals surface area contributed by atoms with Crippen LogP contribution in [0.25, 0.3) is 0 Å². The Hall–Kier alpha value is -0.590. The van der Waals surface area contributed by atoms with Crippen molar-refractivity contribution in [2.75, 3.05) is 0 Å². The Kier molecular flexibility index (Phi) is 4.57. The highest BCUT2D eigenvalue weighted by atomic mass is 35.5. The van der Waals surface area contributed by atoms with E-state index in [1.807, 2.05) is 13.0 Å². The van der Waals surface area contributed by atoms with E-state index >= 15 is 0 Å². The molecule has 2 aliphatic heterocycles. The summed E-state index contributed by atoms with van der Waals surface area (Å²) in [6.07, 6.45) is 1.48. The first-order chi connectivity index (χ1) is 10.0. The van der Waals surface area contributed by atoms with Gasteiger partial charge in [-0.3, -0.25) is 0 Å². The third-order valence-electron chi connectivity index (χ3n) is 3.77. The maximum atomic E-state index is 6.03. The Bertz CT molecular complexity index is 474. The Labute approximate surface area is 129 Å². The fourth-order valence-electron chi connectivity index (χ4n) is 2.85. The Morgan fingerprint density at radius 2 is 2.10 bits per heavy atom. The molecule has 0 aliphatic carbocycles. The van der Waals surface area contributed by atoms with Crippen molar-refractivity contribution in [3.8, 4) is 0 Å². The highest BCUT2D eigenvalue weighted by molar-refractivity contribution is 6.29. The molecule has 2 fully saturated rings. The molecule has 0 amide bonds. The van der Waals surface area contributed by atoms with Crippen LogP contribution in [0.3, 0.4) is 0 Å². The average Bonchev–Trinajstić information content (AvgIpc) is 3.02. The summed E-state index contributed by atoms with van der Waals surface area (Å²) >= 11 is 5.95. The molecule has 21 heavy (non-hydrogen) atoms. The molecule has 0 spiro atoms. The van der Waals surface area contributed by atoms with Gasteiger partial charge in [0.2, 0.25) is 0 Å². The number of hydrogen-bond acceptors (Lipinski definition) is 5. The van der Waals surface area contributed by atoms with E-state index in [9.17, 15) is 0 Å². The summed E-state index contributed by atoms with van der Waals surface area (Å²) in [6, 6.07) is 1.81. The lowest BCUT2D eigenvalue weighted by atomic mass is 10.0. The van der Waals surface area contributed by atoms with Crippen molar-refractivity contribution in [3.05, 3.63) is 23.1 Å². The highest BCUT2D eigenvalue weighted by Crippen LogP contribution is 2.37. The van der Waals surface area contributed by atoms with Crippen molar-refractivity contribution in [3.63, 3.8) is 0 Å². The van der Waals surface area contributed by atoms with Gasteiger partial charge in [0.15, 0.2) is 17.8 Å². The molecule has 2 aliphatic rings. The molecule has 0 N–H and O–H groups in total. The largest absolute Gasteiger partial charge is 0.453 e. The summed E-state index contributed by atoms with van der Waals surface area (Å²) in [5, 5.41) is 0.364. The normalized spacial score (nSPS) is 35.6. The first-order valence-electron chi connectivity index (χ1n) is 7.34. The molecule has 5 atom stereocenters. The van der Waals surface area contributed by atoms with Gasteiger partial charge in [0.25, 0.3) is 0 Å². The van der Waals surface area contributed by atoms with Gasteiger partial charge in [-0.1, -0.05) is 13.8 Å². The molecule has 5 nitrogen and oxygen atoms in total. The molecule has 0 radical (unpaired) electrons. The van der Waals surface area contributed by atoms with E-state index in [0.717, 1.165) is 12.0 Å². The number of fused-ring (bicyclic) bond motifs is 1. The number of rotatable bonds is 5. The average molecular weight is 317 g/mol. The van der Waals surface area contributed by atoms with Crippen molar-refractivity contribution < 1.29 is 23.4 Å². The van der Waals surface area contributed by atoms with E-state index in [2.05, 4.69) is 13.8 Å². The molecule has 2 saturated heterocycles. The van der Waals surface area contributed by atoms with E-state index in [0.29, 0.717) is 17.7 Å². The molecule has 3 heterocycles. The van der Waals surface area contributed by atoms with Gasteiger partial charge in [-0.2, -0.15) is 0 Å². The summed E-state index contributed by atoms with van der Waals surface area (Å²) in [7, 11) is 0. The third-order valence-corrected chi connectivity index (χ3v) is 4.10. The molecule has 118 valence electrons. The standard InChI is InChI=1S/C15H21ClO5/c1-8(2)6-11-12(13-15(21-11)20-9(3)19-13)18-7-10-4-5-17-14(10)16/h4-5,8-9,11-13,15H,6-7H2,1-3H3/t9?,11-,12+,13-,15+/m1/s1. The van der Waals surface area contributed by atoms with Crippen molar-refractivity contribution >= 4 is 11.6 Å². The minimum Gasteiger partial charge on any atom is -0.453 e. The lowest BCUT2D eigenvalue weighted by Crippen LogP contribution is -2.35. The number of ether oxygens (including phenoxy) is 4.